The first-order chi connectivity index (χ1) is 12.7. The molecule has 0 aliphatic rings. The van der Waals surface area contributed by atoms with Crippen molar-refractivity contribution in [2.75, 3.05) is 13.1 Å². The molecule has 0 amide bonds. The molecule has 0 fully saturated rings. The summed E-state index contributed by atoms with van der Waals surface area (Å²) in [4.78, 5) is 8.77. The number of rotatable bonds is 10. The van der Waals surface area contributed by atoms with Gasteiger partial charge in [0, 0.05) is 31.5 Å². The Morgan fingerprint density at radius 3 is 2.62 bits per heavy atom. The van der Waals surface area contributed by atoms with Crippen LogP contribution in [-0.2, 0) is 13.0 Å². The van der Waals surface area contributed by atoms with Crippen LogP contribution in [0.3, 0.4) is 0 Å². The number of nitrogens with zero attached hydrogens (tertiary/aromatic N) is 4. The second-order valence-corrected chi connectivity index (χ2v) is 6.19. The quantitative estimate of drug-likeness (QED) is 0.380. The van der Waals surface area contributed by atoms with E-state index in [0.29, 0.717) is 24.2 Å². The van der Waals surface area contributed by atoms with Gasteiger partial charge < -0.3 is 19.7 Å². The van der Waals surface area contributed by atoms with Gasteiger partial charge in [-0.3, -0.25) is 0 Å². The number of nitrogens with one attached hydrogen (secondary N) is 2. The lowest BCUT2D eigenvalue weighted by Gasteiger charge is -2.10. The van der Waals surface area contributed by atoms with Gasteiger partial charge in [-0.25, -0.2) is 4.99 Å². The van der Waals surface area contributed by atoms with Gasteiger partial charge in [-0.2, -0.15) is 4.98 Å². The lowest BCUT2D eigenvalue weighted by molar-refractivity contribution is 0.371. The number of aliphatic imine (C=N–C) groups is 1. The highest BCUT2D eigenvalue weighted by molar-refractivity contribution is 5.79. The van der Waals surface area contributed by atoms with Crippen molar-refractivity contribution in [1.29, 1.82) is 0 Å². The van der Waals surface area contributed by atoms with Gasteiger partial charge in [0.05, 0.1) is 5.69 Å². The minimum absolute atomic E-state index is 0.455. The van der Waals surface area contributed by atoms with E-state index in [4.69, 9.17) is 9.05 Å². The highest BCUT2D eigenvalue weighted by atomic mass is 16.5. The average Bonchev–Trinajstić information content (AvgIpc) is 3.27. The monoisotopic (exact) mass is 362 g/mol. The van der Waals surface area contributed by atoms with Crippen LogP contribution in [0.15, 0.2) is 20.1 Å². The third-order valence-corrected chi connectivity index (χ3v) is 4.15. The van der Waals surface area contributed by atoms with Gasteiger partial charge in [0.2, 0.25) is 5.89 Å². The van der Waals surface area contributed by atoms with Crippen molar-refractivity contribution in [1.82, 2.24) is 25.9 Å². The number of aryl methyl sites for hydroxylation is 2. The molecule has 0 atom stereocenters. The average molecular weight is 362 g/mol. The third-order valence-electron chi connectivity index (χ3n) is 4.15. The van der Waals surface area contributed by atoms with Crippen molar-refractivity contribution in [2.24, 2.45) is 4.99 Å². The van der Waals surface area contributed by atoms with Crippen molar-refractivity contribution >= 4 is 5.96 Å². The van der Waals surface area contributed by atoms with Crippen LogP contribution in [0, 0.1) is 6.92 Å². The fourth-order valence-electron chi connectivity index (χ4n) is 2.69. The van der Waals surface area contributed by atoms with Crippen LogP contribution in [0.2, 0.25) is 0 Å². The second kappa shape index (κ2) is 10.6. The van der Waals surface area contributed by atoms with E-state index in [1.807, 2.05) is 19.9 Å². The van der Waals surface area contributed by atoms with Crippen LogP contribution < -0.4 is 10.6 Å². The van der Waals surface area contributed by atoms with E-state index in [1.165, 1.54) is 0 Å². The Balaban J connectivity index is 1.81. The van der Waals surface area contributed by atoms with E-state index in [2.05, 4.69) is 44.8 Å². The molecule has 26 heavy (non-hydrogen) atoms. The Morgan fingerprint density at radius 2 is 1.96 bits per heavy atom. The second-order valence-electron chi connectivity index (χ2n) is 6.19. The minimum atomic E-state index is 0.455. The van der Waals surface area contributed by atoms with Gasteiger partial charge in [0.25, 0.3) is 0 Å². The maximum atomic E-state index is 5.42. The molecule has 0 aliphatic carbocycles. The highest BCUT2D eigenvalue weighted by Gasteiger charge is 2.12. The minimum Gasteiger partial charge on any atom is -0.359 e. The Labute approximate surface area is 154 Å². The van der Waals surface area contributed by atoms with E-state index >= 15 is 0 Å². The van der Waals surface area contributed by atoms with Gasteiger partial charge in [-0.1, -0.05) is 24.2 Å². The van der Waals surface area contributed by atoms with Crippen molar-refractivity contribution in [3.63, 3.8) is 0 Å². The molecule has 0 aliphatic heterocycles. The summed E-state index contributed by atoms with van der Waals surface area (Å²) in [7, 11) is 0. The Morgan fingerprint density at radius 1 is 1.15 bits per heavy atom. The fourth-order valence-corrected chi connectivity index (χ4v) is 2.69. The molecule has 2 N–H and O–H groups in total. The SMILES string of the molecule is CCNC(=NCc1cc(C(CC)CC)no1)NCCCc1nc(C)no1. The van der Waals surface area contributed by atoms with E-state index < -0.39 is 0 Å². The van der Waals surface area contributed by atoms with Gasteiger partial charge in [-0.15, -0.1) is 0 Å². The molecule has 8 nitrogen and oxygen atoms in total. The van der Waals surface area contributed by atoms with Crippen molar-refractivity contribution in [3.8, 4) is 0 Å². The maximum absolute atomic E-state index is 5.42. The molecule has 2 rings (SSSR count). The number of hydrogen-bond donors (Lipinski definition) is 2. The largest absolute Gasteiger partial charge is 0.359 e. The van der Waals surface area contributed by atoms with Gasteiger partial charge in [-0.05, 0) is 33.1 Å². The Kier molecular flexibility index (Phi) is 8.11. The van der Waals surface area contributed by atoms with E-state index in [1.54, 1.807) is 0 Å². The molecule has 144 valence electrons. The molecule has 2 aromatic heterocycles. The Hall–Kier alpha value is -2.38. The lowest BCUT2D eigenvalue weighted by Crippen LogP contribution is -2.37. The summed E-state index contributed by atoms with van der Waals surface area (Å²) < 4.78 is 10.5. The Bertz CT molecular complexity index is 675. The molecule has 0 radical (unpaired) electrons. The summed E-state index contributed by atoms with van der Waals surface area (Å²) in [6.45, 7) is 10.2. The topological polar surface area (TPSA) is 101 Å². The maximum Gasteiger partial charge on any atom is 0.226 e. The molecular weight excluding hydrogens is 332 g/mol. The third kappa shape index (κ3) is 6.16. The van der Waals surface area contributed by atoms with E-state index in [-0.39, 0.29) is 0 Å². The summed E-state index contributed by atoms with van der Waals surface area (Å²) in [5.41, 5.74) is 1.02. The van der Waals surface area contributed by atoms with Crippen LogP contribution in [0.25, 0.3) is 0 Å². The van der Waals surface area contributed by atoms with Crippen LogP contribution in [0.4, 0.5) is 0 Å². The number of hydrogen-bond acceptors (Lipinski definition) is 6. The molecule has 2 heterocycles. The number of aromatic nitrogens is 3. The standard InChI is InChI=1S/C18H30N6O2/c1-5-14(6-2)16-11-15(25-24-16)12-21-18(19-7-3)20-10-8-9-17-22-13(4)23-26-17/h11,14H,5-10,12H2,1-4H3,(H2,19,20,21). The fraction of sp³-hybridized carbons (Fsp3) is 0.667. The molecule has 8 heteroatoms. The summed E-state index contributed by atoms with van der Waals surface area (Å²) in [6.07, 6.45) is 3.76. The van der Waals surface area contributed by atoms with Crippen LogP contribution in [-0.4, -0.2) is 34.3 Å². The molecule has 0 aromatic carbocycles. The van der Waals surface area contributed by atoms with Gasteiger partial charge >= 0.3 is 0 Å². The molecular formula is C18H30N6O2. The normalized spacial score (nSPS) is 12.0. The molecule has 0 saturated carbocycles. The highest BCUT2D eigenvalue weighted by Crippen LogP contribution is 2.22. The predicted molar refractivity (Wildman–Crippen MR) is 100 cm³/mol. The zero-order chi connectivity index (χ0) is 18.8. The first-order valence-electron chi connectivity index (χ1n) is 9.43. The number of guanidine groups is 1. The summed E-state index contributed by atoms with van der Waals surface area (Å²) in [6, 6.07) is 2.02. The van der Waals surface area contributed by atoms with Crippen molar-refractivity contribution in [3.05, 3.63) is 29.2 Å². The van der Waals surface area contributed by atoms with Crippen molar-refractivity contribution in [2.45, 2.75) is 65.8 Å². The van der Waals surface area contributed by atoms with E-state index in [9.17, 15) is 0 Å². The first-order valence-corrected chi connectivity index (χ1v) is 9.43. The lowest BCUT2D eigenvalue weighted by atomic mass is 9.99. The summed E-state index contributed by atoms with van der Waals surface area (Å²) in [5.74, 6) is 3.33. The van der Waals surface area contributed by atoms with Crippen molar-refractivity contribution < 1.29 is 9.05 Å². The van der Waals surface area contributed by atoms with Gasteiger partial charge in [0.1, 0.15) is 6.54 Å². The smallest absolute Gasteiger partial charge is 0.226 e. The molecule has 0 saturated heterocycles. The van der Waals surface area contributed by atoms with Crippen LogP contribution in [0.1, 0.15) is 69.1 Å². The molecule has 0 bridgehead atoms. The predicted octanol–water partition coefficient (Wildman–Crippen LogP) is 2.96. The molecule has 0 unspecified atom stereocenters. The van der Waals surface area contributed by atoms with Crippen LogP contribution >= 0.6 is 0 Å². The summed E-state index contributed by atoms with van der Waals surface area (Å²) in [5, 5.41) is 14.5. The zero-order valence-corrected chi connectivity index (χ0v) is 16.2. The molecule has 2 aromatic rings. The zero-order valence-electron chi connectivity index (χ0n) is 16.2. The molecule has 0 spiro atoms. The van der Waals surface area contributed by atoms with E-state index in [0.717, 1.165) is 56.2 Å². The van der Waals surface area contributed by atoms with Gasteiger partial charge in [0.15, 0.2) is 17.5 Å². The first kappa shape index (κ1) is 19.9. The summed E-state index contributed by atoms with van der Waals surface area (Å²) >= 11 is 0. The van der Waals surface area contributed by atoms with Crippen LogP contribution in [0.5, 0.6) is 0 Å².